The van der Waals surface area contributed by atoms with E-state index in [-0.39, 0.29) is 0 Å². The Labute approximate surface area is 407 Å². The van der Waals surface area contributed by atoms with Crippen molar-refractivity contribution >= 4 is 55.4 Å². The van der Waals surface area contributed by atoms with Gasteiger partial charge in [0.15, 0.2) is 0 Å². The van der Waals surface area contributed by atoms with Crippen molar-refractivity contribution in [3.05, 3.63) is 45.1 Å². The first-order valence-corrected chi connectivity index (χ1v) is 31.2. The molecule has 352 valence electrons. The van der Waals surface area contributed by atoms with Gasteiger partial charge in [0.25, 0.3) is 0 Å². The number of unbranched alkanes of at least 4 members (excludes halogenated alkanes) is 4. The van der Waals surface area contributed by atoms with Crippen LogP contribution in [0, 0.1) is 23.7 Å². The molecule has 6 heterocycles. The number of thiophene rings is 4. The Hall–Kier alpha value is -1.91. The third kappa shape index (κ3) is 10.4. The molecule has 0 bridgehead atoms. The number of fused-ring (bicyclic) bond motifs is 4. The van der Waals surface area contributed by atoms with Gasteiger partial charge in [-0.05, 0) is 114 Å². The zero-order chi connectivity index (χ0) is 45.5. The summed E-state index contributed by atoms with van der Waals surface area (Å²) in [5.74, 6) is 8.83. The van der Waals surface area contributed by atoms with E-state index in [2.05, 4.69) is 123 Å². The summed E-state index contributed by atoms with van der Waals surface area (Å²) in [7, 11) is -1.23. The van der Waals surface area contributed by atoms with Gasteiger partial charge < -0.3 is 0 Å². The van der Waals surface area contributed by atoms with Gasteiger partial charge in [0.1, 0.15) is 0 Å². The van der Waals surface area contributed by atoms with E-state index in [0.717, 1.165) is 33.9 Å². The zero-order valence-corrected chi connectivity index (χ0v) is 45.7. The van der Waals surface area contributed by atoms with Gasteiger partial charge >= 0.3 is 0 Å². The molecular weight excluding hydrogens is 877 g/mol. The Kier molecular flexibility index (Phi) is 17.9. The third-order valence-electron chi connectivity index (χ3n) is 15.2. The lowest BCUT2D eigenvalue weighted by atomic mass is 9.66. The van der Waals surface area contributed by atoms with E-state index in [4.69, 9.17) is 20.4 Å². The molecule has 0 saturated carbocycles. The molecule has 0 saturated heterocycles. The van der Waals surface area contributed by atoms with Crippen LogP contribution in [0.3, 0.4) is 0 Å². The van der Waals surface area contributed by atoms with Crippen LogP contribution < -0.4 is 0 Å². The molecular formula is C55H82N4S5. The lowest BCUT2D eigenvalue weighted by Gasteiger charge is -2.42. The Balaban J connectivity index is 1.29. The van der Waals surface area contributed by atoms with E-state index in [1.807, 2.05) is 22.7 Å². The van der Waals surface area contributed by atoms with Crippen LogP contribution in [-0.4, -0.2) is 31.9 Å². The number of hydrogen-bond acceptors (Lipinski definition) is 8. The van der Waals surface area contributed by atoms with E-state index in [9.17, 15) is 0 Å². The standard InChI is InChI=1S/C55H82N4S5/c1-12-20-24-37(16-5)28-41-29-45(54-56-58-55(59-57-54)46-30-42-49(36(11)50(42)62-46)40(19-8)27-23-15-4)63-51(41)44-32-48-53(61-44)52-47(31-43(60-52)35(9)10)64(48,33-38(17-6)25-21-13-2)34-39(18-7)26-22-14-3/h29-32,35-40,49H,12-28,33-34H2,1-11H3. The molecule has 5 aromatic rings. The summed E-state index contributed by atoms with van der Waals surface area (Å²) in [6.45, 7) is 26.4. The van der Waals surface area contributed by atoms with Crippen LogP contribution >= 0.6 is 55.4 Å². The minimum Gasteiger partial charge on any atom is -0.184 e. The zero-order valence-electron chi connectivity index (χ0n) is 41.6. The van der Waals surface area contributed by atoms with Crippen LogP contribution in [0.25, 0.3) is 40.9 Å². The second-order valence-corrected chi connectivity index (χ2v) is 27.6. The molecule has 0 aromatic carbocycles. The Morgan fingerprint density at radius 1 is 0.547 bits per heavy atom. The molecule has 1 aliphatic heterocycles. The summed E-state index contributed by atoms with van der Waals surface area (Å²) in [5, 5.41) is 19.4. The summed E-state index contributed by atoms with van der Waals surface area (Å²) < 4.78 is 0. The van der Waals surface area contributed by atoms with Crippen molar-refractivity contribution in [1.29, 1.82) is 0 Å². The SMILES string of the molecule is CCCCC(CC)Cc1cc(-c2nnc(-c3cc4c(s3)C(C)C4C(CC)CCCC)nn2)sc1-c1cc2c(s1)-c1sc(C(C)C)cc1S2(CC(CC)CCCC)CC(CC)CCCC. The number of nitrogens with zero attached hydrogens (tertiary/aromatic N) is 4. The lowest BCUT2D eigenvalue weighted by Crippen LogP contribution is -2.26. The predicted octanol–water partition coefficient (Wildman–Crippen LogP) is 19.4. The second kappa shape index (κ2) is 22.9. The van der Waals surface area contributed by atoms with Crippen molar-refractivity contribution in [2.45, 2.75) is 213 Å². The van der Waals surface area contributed by atoms with E-state index in [0.29, 0.717) is 35.3 Å². The number of hydrogen-bond donors (Lipinski definition) is 0. The molecule has 4 nitrogen and oxygen atoms in total. The average molecular weight is 960 g/mol. The summed E-state index contributed by atoms with van der Waals surface area (Å²) >= 11 is 8.01. The van der Waals surface area contributed by atoms with E-state index < -0.39 is 10.0 Å². The molecule has 0 fully saturated rings. The van der Waals surface area contributed by atoms with Gasteiger partial charge in [0.05, 0.1) is 19.5 Å². The monoisotopic (exact) mass is 959 g/mol. The number of rotatable bonds is 27. The molecule has 0 spiro atoms. The van der Waals surface area contributed by atoms with Crippen molar-refractivity contribution in [1.82, 2.24) is 20.4 Å². The first kappa shape index (κ1) is 50.0. The first-order chi connectivity index (χ1) is 31.1. The van der Waals surface area contributed by atoms with Crippen LogP contribution in [-0.2, 0) is 6.42 Å². The van der Waals surface area contributed by atoms with Crippen molar-refractivity contribution < 1.29 is 0 Å². The quantitative estimate of drug-likeness (QED) is 0.0526. The maximum absolute atomic E-state index is 4.87. The molecule has 2 aliphatic rings. The fourth-order valence-electron chi connectivity index (χ4n) is 11.0. The summed E-state index contributed by atoms with van der Waals surface area (Å²) in [5.41, 5.74) is 3.01. The molecule has 0 amide bonds. The van der Waals surface area contributed by atoms with Crippen molar-refractivity contribution in [3.63, 3.8) is 0 Å². The molecule has 0 radical (unpaired) electrons. The van der Waals surface area contributed by atoms with Crippen molar-refractivity contribution in [2.75, 3.05) is 11.5 Å². The lowest BCUT2D eigenvalue weighted by molar-refractivity contribution is 0.310. The van der Waals surface area contributed by atoms with Gasteiger partial charge in [-0.3, -0.25) is 0 Å². The molecule has 0 N–H and O–H groups in total. The van der Waals surface area contributed by atoms with Gasteiger partial charge in [-0.2, -0.15) is 10.0 Å². The molecule has 6 atom stereocenters. The molecule has 64 heavy (non-hydrogen) atoms. The van der Waals surface area contributed by atoms with Crippen LogP contribution in [0.1, 0.15) is 218 Å². The van der Waals surface area contributed by atoms with E-state index in [1.54, 1.807) is 24.4 Å². The normalized spacial score (nSPS) is 20.7. The highest BCUT2D eigenvalue weighted by atomic mass is 32.3. The molecule has 6 unspecified atom stereocenters. The Bertz CT molecular complexity index is 2210. The van der Waals surface area contributed by atoms with Gasteiger partial charge in [0, 0.05) is 29.3 Å². The third-order valence-corrected chi connectivity index (χ3v) is 25.3. The highest BCUT2D eigenvalue weighted by molar-refractivity contribution is 8.34. The molecule has 5 aromatic heterocycles. The van der Waals surface area contributed by atoms with Gasteiger partial charge in [-0.1, -0.05) is 160 Å². The highest BCUT2D eigenvalue weighted by Gasteiger charge is 2.45. The minimum atomic E-state index is -1.23. The second-order valence-electron chi connectivity index (χ2n) is 20.0. The average Bonchev–Trinajstić information content (AvgIpc) is 4.15. The first-order valence-electron chi connectivity index (χ1n) is 26.0. The number of aromatic nitrogens is 4. The smallest absolute Gasteiger partial charge is 0.184 e. The highest BCUT2D eigenvalue weighted by Crippen LogP contribution is 2.77. The molecule has 9 heteroatoms. The fourth-order valence-corrected chi connectivity index (χ4v) is 22.4. The molecule has 7 rings (SSSR count). The van der Waals surface area contributed by atoms with Crippen molar-refractivity contribution in [3.8, 4) is 40.9 Å². The van der Waals surface area contributed by atoms with Gasteiger partial charge in [-0.25, -0.2) is 0 Å². The van der Waals surface area contributed by atoms with E-state index in [1.165, 1.54) is 140 Å². The fraction of sp³-hybridized carbons (Fsp3) is 0.673. The minimum absolute atomic E-state index is 0.550. The van der Waals surface area contributed by atoms with Crippen LogP contribution in [0.5, 0.6) is 0 Å². The Morgan fingerprint density at radius 3 is 1.61 bits per heavy atom. The summed E-state index contributed by atoms with van der Waals surface area (Å²) in [4.78, 5) is 15.0. The van der Waals surface area contributed by atoms with Gasteiger partial charge in [0.2, 0.25) is 11.6 Å². The summed E-state index contributed by atoms with van der Waals surface area (Å²) in [6, 6.07) is 10.3. The Morgan fingerprint density at radius 2 is 1.06 bits per heavy atom. The summed E-state index contributed by atoms with van der Waals surface area (Å²) in [6.07, 6.45) is 21.8. The largest absolute Gasteiger partial charge is 0.213 e. The maximum Gasteiger partial charge on any atom is 0.213 e. The van der Waals surface area contributed by atoms with Crippen LogP contribution in [0.4, 0.5) is 0 Å². The maximum atomic E-state index is 4.87. The van der Waals surface area contributed by atoms with Gasteiger partial charge in [-0.15, -0.1) is 65.7 Å². The van der Waals surface area contributed by atoms with Crippen molar-refractivity contribution in [2.24, 2.45) is 23.7 Å². The van der Waals surface area contributed by atoms with E-state index >= 15 is 0 Å². The topological polar surface area (TPSA) is 51.6 Å². The predicted molar refractivity (Wildman–Crippen MR) is 287 cm³/mol. The van der Waals surface area contributed by atoms with Crippen LogP contribution in [0.15, 0.2) is 34.1 Å². The molecule has 1 aliphatic carbocycles. The van der Waals surface area contributed by atoms with Crippen LogP contribution in [0.2, 0.25) is 0 Å².